The van der Waals surface area contributed by atoms with Gasteiger partial charge in [0, 0.05) is 31.2 Å². The Kier molecular flexibility index (Phi) is 13.7. The summed E-state index contributed by atoms with van der Waals surface area (Å²) in [4.78, 5) is 26.2. The summed E-state index contributed by atoms with van der Waals surface area (Å²) in [6.07, 6.45) is 9.47. The monoisotopic (exact) mass is 481 g/mol. The van der Waals surface area contributed by atoms with Crippen molar-refractivity contribution in [2.45, 2.75) is 64.0 Å². The molecule has 0 bridgehead atoms. The number of carbonyl (C=O) groups excluding carboxylic acids is 1. The highest BCUT2D eigenvalue weighted by Crippen LogP contribution is 2.28. The zero-order chi connectivity index (χ0) is 24.0. The van der Waals surface area contributed by atoms with Crippen molar-refractivity contribution in [1.82, 2.24) is 10.4 Å². The lowest BCUT2D eigenvalue weighted by molar-refractivity contribution is -0.164. The van der Waals surface area contributed by atoms with E-state index in [9.17, 15) is 14.7 Å². The molecule has 0 spiro atoms. The summed E-state index contributed by atoms with van der Waals surface area (Å²) in [6, 6.07) is 7.41. The van der Waals surface area contributed by atoms with E-state index in [-0.39, 0.29) is 31.3 Å². The maximum absolute atomic E-state index is 13.3. The second-order valence-electron chi connectivity index (χ2n) is 8.03. The first-order valence-electron chi connectivity index (χ1n) is 11.2. The van der Waals surface area contributed by atoms with Crippen LogP contribution in [0.4, 0.5) is 0 Å². The maximum atomic E-state index is 13.3. The van der Waals surface area contributed by atoms with Crippen molar-refractivity contribution in [3.8, 4) is 0 Å². The number of aryl methyl sites for hydroxylation is 1. The summed E-state index contributed by atoms with van der Waals surface area (Å²) in [6.45, 7) is 4.34. The van der Waals surface area contributed by atoms with E-state index < -0.39 is 11.5 Å². The fourth-order valence-electron chi connectivity index (χ4n) is 3.42. The summed E-state index contributed by atoms with van der Waals surface area (Å²) in [5.41, 5.74) is 9.59. The first kappa shape index (κ1) is 28.6. The molecule has 0 heterocycles. The molecular formula is C24H39N3O3S2. The summed E-state index contributed by atoms with van der Waals surface area (Å²) in [7, 11) is 0. The normalized spacial score (nSPS) is 14.3. The number of benzene rings is 1. The minimum absolute atomic E-state index is 0.134. The second kappa shape index (κ2) is 15.4. The zero-order valence-corrected chi connectivity index (χ0v) is 21.3. The van der Waals surface area contributed by atoms with Crippen LogP contribution in [0.2, 0.25) is 0 Å². The molecule has 0 aromatic heterocycles. The van der Waals surface area contributed by atoms with Gasteiger partial charge in [-0.05, 0) is 42.9 Å². The number of nitrogens with two attached hydrogens (primary N) is 1. The number of carbonyl (C=O) groups is 2. The van der Waals surface area contributed by atoms with E-state index in [4.69, 9.17) is 5.73 Å². The van der Waals surface area contributed by atoms with Gasteiger partial charge in [-0.15, -0.1) is 0 Å². The SMILES string of the molecule is CCCCC=CCC(=O)N(NC[C@@H](N)CS)[C@@](CCSC)(Cc1ccccc1C)C(=O)O. The number of carboxylic acids is 1. The number of allylic oxidation sites excluding steroid dienone is 1. The van der Waals surface area contributed by atoms with E-state index in [2.05, 4.69) is 25.0 Å². The van der Waals surface area contributed by atoms with Crippen LogP contribution in [0.1, 0.15) is 50.2 Å². The number of unbranched alkanes of at least 4 members (excludes halogenated alkanes) is 2. The van der Waals surface area contributed by atoms with Crippen LogP contribution in [0.15, 0.2) is 36.4 Å². The van der Waals surface area contributed by atoms with Crippen molar-refractivity contribution in [2.24, 2.45) is 5.73 Å². The van der Waals surface area contributed by atoms with Crippen LogP contribution in [-0.2, 0) is 16.0 Å². The average Bonchev–Trinajstić information content (AvgIpc) is 2.78. The van der Waals surface area contributed by atoms with Crippen LogP contribution < -0.4 is 11.2 Å². The summed E-state index contributed by atoms with van der Waals surface area (Å²) in [5, 5.41) is 11.8. The predicted octanol–water partition coefficient (Wildman–Crippen LogP) is 3.84. The molecule has 180 valence electrons. The molecular weight excluding hydrogens is 442 g/mol. The van der Waals surface area contributed by atoms with Crippen LogP contribution in [0, 0.1) is 6.92 Å². The van der Waals surface area contributed by atoms with Gasteiger partial charge in [0.2, 0.25) is 5.91 Å². The first-order valence-corrected chi connectivity index (χ1v) is 13.2. The standard InChI is InChI=1S/C24H39N3O3S2/c1-4-5-6-7-8-13-22(28)27(26-17-21(25)18-31)24(23(29)30,14-15-32-3)16-20-12-10-9-11-19(20)2/h7-12,21,26,31H,4-6,13-18,25H2,1-3H3,(H,29,30)/t21-,24+/m1/s1. The molecule has 1 amide bonds. The van der Waals surface area contributed by atoms with Crippen molar-refractivity contribution in [1.29, 1.82) is 0 Å². The number of nitrogens with one attached hydrogen (secondary N) is 1. The minimum Gasteiger partial charge on any atom is -0.479 e. The molecule has 1 rings (SSSR count). The van der Waals surface area contributed by atoms with Crippen molar-refractivity contribution >= 4 is 36.3 Å². The van der Waals surface area contributed by atoms with E-state index >= 15 is 0 Å². The molecule has 0 fully saturated rings. The average molecular weight is 482 g/mol. The van der Waals surface area contributed by atoms with Crippen LogP contribution in [-0.4, -0.2) is 57.9 Å². The summed E-state index contributed by atoms with van der Waals surface area (Å²) in [5.74, 6) is -0.269. The molecule has 1 aromatic rings. The summed E-state index contributed by atoms with van der Waals surface area (Å²) < 4.78 is 0. The van der Waals surface area contributed by atoms with Gasteiger partial charge in [-0.2, -0.15) is 24.4 Å². The third-order valence-corrected chi connectivity index (χ3v) is 6.55. The Labute approximate surface area is 202 Å². The maximum Gasteiger partial charge on any atom is 0.331 e. The molecule has 8 heteroatoms. The van der Waals surface area contributed by atoms with E-state index in [0.29, 0.717) is 17.9 Å². The second-order valence-corrected chi connectivity index (χ2v) is 9.39. The molecule has 0 aliphatic heterocycles. The number of aliphatic carboxylic acids is 1. The van der Waals surface area contributed by atoms with E-state index in [1.165, 1.54) is 5.01 Å². The number of thioether (sulfide) groups is 1. The van der Waals surface area contributed by atoms with Crippen LogP contribution in [0.5, 0.6) is 0 Å². The van der Waals surface area contributed by atoms with Crippen LogP contribution in [0.25, 0.3) is 0 Å². The largest absolute Gasteiger partial charge is 0.479 e. The summed E-state index contributed by atoms with van der Waals surface area (Å²) >= 11 is 5.79. The van der Waals surface area contributed by atoms with Gasteiger partial charge in [0.05, 0.1) is 0 Å². The molecule has 4 N–H and O–H groups in total. The number of hydrogen-bond acceptors (Lipinski definition) is 6. The van der Waals surface area contributed by atoms with Gasteiger partial charge in [-0.25, -0.2) is 10.2 Å². The number of amides is 1. The van der Waals surface area contributed by atoms with Crippen molar-refractivity contribution in [2.75, 3.05) is 24.3 Å². The molecule has 2 atom stereocenters. The van der Waals surface area contributed by atoms with Crippen molar-refractivity contribution < 1.29 is 14.7 Å². The van der Waals surface area contributed by atoms with E-state index in [1.54, 1.807) is 11.8 Å². The molecule has 6 nitrogen and oxygen atoms in total. The van der Waals surface area contributed by atoms with Crippen LogP contribution >= 0.6 is 24.4 Å². The molecule has 0 aliphatic rings. The third-order valence-electron chi connectivity index (χ3n) is 5.47. The van der Waals surface area contributed by atoms with Crippen LogP contribution in [0.3, 0.4) is 0 Å². The number of carboxylic acid groups (broad SMARTS) is 1. The Morgan fingerprint density at radius 2 is 2.06 bits per heavy atom. The van der Waals surface area contributed by atoms with E-state index in [0.717, 1.165) is 30.4 Å². The minimum atomic E-state index is -1.43. The first-order chi connectivity index (χ1) is 15.3. The van der Waals surface area contributed by atoms with Gasteiger partial charge in [0.15, 0.2) is 5.54 Å². The van der Waals surface area contributed by atoms with E-state index in [1.807, 2.05) is 49.6 Å². The highest BCUT2D eigenvalue weighted by Gasteiger charge is 2.46. The molecule has 0 aliphatic carbocycles. The zero-order valence-electron chi connectivity index (χ0n) is 19.5. The van der Waals surface area contributed by atoms with Gasteiger partial charge in [0.25, 0.3) is 0 Å². The Hall–Kier alpha value is -1.48. The molecule has 0 saturated heterocycles. The number of nitrogens with zero attached hydrogens (tertiary/aromatic N) is 1. The Balaban J connectivity index is 3.35. The molecule has 1 aromatic carbocycles. The third kappa shape index (κ3) is 8.81. The molecule has 0 saturated carbocycles. The highest BCUT2D eigenvalue weighted by molar-refractivity contribution is 7.98. The van der Waals surface area contributed by atoms with Gasteiger partial charge < -0.3 is 10.8 Å². The van der Waals surface area contributed by atoms with Crippen molar-refractivity contribution in [3.05, 3.63) is 47.5 Å². The highest BCUT2D eigenvalue weighted by atomic mass is 32.2. The van der Waals surface area contributed by atoms with Crippen molar-refractivity contribution in [3.63, 3.8) is 0 Å². The van der Waals surface area contributed by atoms with Gasteiger partial charge in [-0.1, -0.05) is 56.2 Å². The molecule has 32 heavy (non-hydrogen) atoms. The number of hydrogen-bond donors (Lipinski definition) is 4. The number of thiol groups is 1. The quantitative estimate of drug-likeness (QED) is 0.124. The van der Waals surface area contributed by atoms with Gasteiger partial charge in [-0.3, -0.25) is 9.80 Å². The number of rotatable bonds is 16. The molecule has 0 radical (unpaired) electrons. The lowest BCUT2D eigenvalue weighted by Gasteiger charge is -2.41. The Morgan fingerprint density at radius 3 is 2.66 bits per heavy atom. The van der Waals surface area contributed by atoms with Gasteiger partial charge >= 0.3 is 5.97 Å². The van der Waals surface area contributed by atoms with Gasteiger partial charge in [0.1, 0.15) is 0 Å². The smallest absolute Gasteiger partial charge is 0.331 e. The lowest BCUT2D eigenvalue weighted by Crippen LogP contribution is -2.65. The Bertz CT molecular complexity index is 745. The Morgan fingerprint density at radius 1 is 1.34 bits per heavy atom. The topological polar surface area (TPSA) is 95.7 Å². The predicted molar refractivity (Wildman–Crippen MR) is 138 cm³/mol. The fraction of sp³-hybridized carbons (Fsp3) is 0.583. The number of hydrazine groups is 1. The lowest BCUT2D eigenvalue weighted by atomic mass is 9.85. The molecule has 0 unspecified atom stereocenters. The fourth-order valence-corrected chi connectivity index (χ4v) is 4.09.